The first-order valence-corrected chi connectivity index (χ1v) is 7.15. The molecule has 1 rings (SSSR count). The number of carbonyl (C=O) groups excluding carboxylic acids is 1. The smallest absolute Gasteiger partial charge is 0.304 e. The normalized spacial score (nSPS) is 22.2. The minimum absolute atomic E-state index is 0.00124. The lowest BCUT2D eigenvalue weighted by molar-refractivity contribution is -0.137. The number of amides is 1. The van der Waals surface area contributed by atoms with Crippen molar-refractivity contribution in [3.8, 4) is 0 Å². The summed E-state index contributed by atoms with van der Waals surface area (Å²) in [6, 6.07) is 0. The average molecular weight is 259 g/mol. The van der Waals surface area contributed by atoms with Gasteiger partial charge in [-0.15, -0.1) is 11.8 Å². The van der Waals surface area contributed by atoms with Crippen molar-refractivity contribution in [2.45, 2.75) is 38.4 Å². The molecule has 98 valence electrons. The molecular formula is C12H21NO3S. The van der Waals surface area contributed by atoms with Crippen LogP contribution in [0.1, 0.15) is 33.1 Å². The van der Waals surface area contributed by atoms with Crippen LogP contribution in [0.5, 0.6) is 0 Å². The zero-order chi connectivity index (χ0) is 12.8. The van der Waals surface area contributed by atoms with Crippen molar-refractivity contribution < 1.29 is 14.7 Å². The summed E-state index contributed by atoms with van der Waals surface area (Å²) in [5, 5.41) is 8.62. The number of aliphatic carboxylic acids is 1. The number of hydrogen-bond acceptors (Lipinski definition) is 3. The van der Waals surface area contributed by atoms with Crippen molar-refractivity contribution in [3.05, 3.63) is 0 Å². The molecule has 0 aliphatic carbocycles. The number of thioether (sulfide) groups is 1. The van der Waals surface area contributed by atoms with E-state index >= 15 is 0 Å². The number of likely N-dealkylation sites (tertiary alicyclic amines) is 1. The van der Waals surface area contributed by atoms with Crippen LogP contribution in [0, 0.1) is 5.92 Å². The molecule has 1 aliphatic rings. The highest BCUT2D eigenvalue weighted by Gasteiger charge is 2.21. The van der Waals surface area contributed by atoms with Crippen molar-refractivity contribution in [2.75, 3.05) is 18.8 Å². The Morgan fingerprint density at radius 1 is 1.53 bits per heavy atom. The third-order valence-corrected chi connectivity index (χ3v) is 4.11. The van der Waals surface area contributed by atoms with Gasteiger partial charge in [0.2, 0.25) is 5.91 Å². The molecule has 0 radical (unpaired) electrons. The molecule has 1 fully saturated rings. The molecule has 0 saturated carbocycles. The van der Waals surface area contributed by atoms with E-state index in [9.17, 15) is 9.59 Å². The summed E-state index contributed by atoms with van der Waals surface area (Å²) in [6.45, 7) is 5.73. The number of carboxylic acids is 1. The van der Waals surface area contributed by atoms with E-state index in [0.29, 0.717) is 11.7 Å². The first kappa shape index (κ1) is 14.4. The van der Waals surface area contributed by atoms with Gasteiger partial charge in [-0.3, -0.25) is 9.59 Å². The van der Waals surface area contributed by atoms with Crippen molar-refractivity contribution >= 4 is 23.6 Å². The maximum Gasteiger partial charge on any atom is 0.304 e. The molecule has 2 unspecified atom stereocenters. The SMILES string of the molecule is CC1CCCN(C(=O)CSC(C)CC(=O)O)C1. The van der Waals surface area contributed by atoms with Gasteiger partial charge < -0.3 is 10.0 Å². The average Bonchev–Trinajstić information content (AvgIpc) is 2.25. The quantitative estimate of drug-likeness (QED) is 0.818. The molecule has 17 heavy (non-hydrogen) atoms. The van der Waals surface area contributed by atoms with Gasteiger partial charge in [0.05, 0.1) is 12.2 Å². The van der Waals surface area contributed by atoms with Gasteiger partial charge in [0.1, 0.15) is 0 Å². The fraction of sp³-hybridized carbons (Fsp3) is 0.833. The van der Waals surface area contributed by atoms with Crippen LogP contribution in [0.4, 0.5) is 0 Å². The molecule has 4 nitrogen and oxygen atoms in total. The van der Waals surface area contributed by atoms with Gasteiger partial charge in [-0.05, 0) is 18.8 Å². The molecule has 5 heteroatoms. The predicted molar refractivity (Wildman–Crippen MR) is 69.2 cm³/mol. The molecule has 0 bridgehead atoms. The fourth-order valence-electron chi connectivity index (χ4n) is 2.03. The zero-order valence-corrected chi connectivity index (χ0v) is 11.3. The molecule has 0 aromatic heterocycles. The van der Waals surface area contributed by atoms with E-state index in [2.05, 4.69) is 6.92 Å². The second kappa shape index (κ2) is 6.89. The van der Waals surface area contributed by atoms with E-state index in [-0.39, 0.29) is 17.6 Å². The summed E-state index contributed by atoms with van der Waals surface area (Å²) in [6.07, 6.45) is 2.41. The molecule has 1 amide bonds. The van der Waals surface area contributed by atoms with Gasteiger partial charge >= 0.3 is 5.97 Å². The minimum Gasteiger partial charge on any atom is -0.481 e. The third kappa shape index (κ3) is 5.44. The summed E-state index contributed by atoms with van der Waals surface area (Å²) < 4.78 is 0. The van der Waals surface area contributed by atoms with Gasteiger partial charge in [-0.1, -0.05) is 13.8 Å². The topological polar surface area (TPSA) is 57.6 Å². The Bertz CT molecular complexity index is 283. The van der Waals surface area contributed by atoms with E-state index in [4.69, 9.17) is 5.11 Å². The van der Waals surface area contributed by atoms with Crippen molar-refractivity contribution in [2.24, 2.45) is 5.92 Å². The summed E-state index contributed by atoms with van der Waals surface area (Å²) in [5.41, 5.74) is 0. The standard InChI is InChI=1S/C12H21NO3S/c1-9-4-3-5-13(7-9)11(14)8-17-10(2)6-12(15)16/h9-10H,3-8H2,1-2H3,(H,15,16). The van der Waals surface area contributed by atoms with Crippen LogP contribution in [0.25, 0.3) is 0 Å². The molecule has 1 saturated heterocycles. The van der Waals surface area contributed by atoms with E-state index < -0.39 is 5.97 Å². The number of carbonyl (C=O) groups is 2. The van der Waals surface area contributed by atoms with E-state index in [1.807, 2.05) is 11.8 Å². The highest BCUT2D eigenvalue weighted by molar-refractivity contribution is 8.00. The van der Waals surface area contributed by atoms with Gasteiger partial charge in [0, 0.05) is 18.3 Å². The van der Waals surface area contributed by atoms with Crippen LogP contribution in [-0.4, -0.2) is 46.0 Å². The number of rotatable bonds is 5. The highest BCUT2D eigenvalue weighted by Crippen LogP contribution is 2.19. The lowest BCUT2D eigenvalue weighted by Gasteiger charge is -2.31. The first-order chi connectivity index (χ1) is 7.99. The second-order valence-corrected chi connectivity index (χ2v) is 6.23. The van der Waals surface area contributed by atoms with Crippen LogP contribution in [0.3, 0.4) is 0 Å². The Balaban J connectivity index is 2.26. The maximum atomic E-state index is 11.9. The summed E-state index contributed by atoms with van der Waals surface area (Å²) in [7, 11) is 0. The summed E-state index contributed by atoms with van der Waals surface area (Å²) in [4.78, 5) is 24.3. The van der Waals surface area contributed by atoms with Crippen LogP contribution in [-0.2, 0) is 9.59 Å². The van der Waals surface area contributed by atoms with Gasteiger partial charge in [0.25, 0.3) is 0 Å². The Morgan fingerprint density at radius 3 is 2.82 bits per heavy atom. The largest absolute Gasteiger partial charge is 0.481 e. The number of nitrogens with zero attached hydrogens (tertiary/aromatic N) is 1. The van der Waals surface area contributed by atoms with Crippen molar-refractivity contribution in [3.63, 3.8) is 0 Å². The van der Waals surface area contributed by atoms with E-state index in [1.54, 1.807) is 0 Å². The molecule has 2 atom stereocenters. The van der Waals surface area contributed by atoms with Crippen molar-refractivity contribution in [1.29, 1.82) is 0 Å². The molecular weight excluding hydrogens is 238 g/mol. The first-order valence-electron chi connectivity index (χ1n) is 6.10. The van der Waals surface area contributed by atoms with E-state index in [0.717, 1.165) is 19.5 Å². The molecule has 0 aromatic rings. The van der Waals surface area contributed by atoms with Gasteiger partial charge in [0.15, 0.2) is 0 Å². The summed E-state index contributed by atoms with van der Waals surface area (Å²) in [5.74, 6) is 0.346. The molecule has 1 N–H and O–H groups in total. The Labute approximate surface area is 107 Å². The van der Waals surface area contributed by atoms with Crippen molar-refractivity contribution in [1.82, 2.24) is 4.90 Å². The molecule has 0 spiro atoms. The molecule has 1 heterocycles. The molecule has 1 aliphatic heterocycles. The Hall–Kier alpha value is -0.710. The van der Waals surface area contributed by atoms with Crippen LogP contribution < -0.4 is 0 Å². The predicted octanol–water partition coefficient (Wildman–Crippen LogP) is 1.84. The Kier molecular flexibility index (Phi) is 5.82. The fourth-order valence-corrected chi connectivity index (χ4v) is 2.90. The number of carboxylic acid groups (broad SMARTS) is 1. The highest BCUT2D eigenvalue weighted by atomic mass is 32.2. The Morgan fingerprint density at radius 2 is 2.24 bits per heavy atom. The minimum atomic E-state index is -0.802. The monoisotopic (exact) mass is 259 g/mol. The zero-order valence-electron chi connectivity index (χ0n) is 10.5. The van der Waals surface area contributed by atoms with E-state index in [1.165, 1.54) is 18.2 Å². The van der Waals surface area contributed by atoms with Crippen LogP contribution >= 0.6 is 11.8 Å². The summed E-state index contributed by atoms with van der Waals surface area (Å²) >= 11 is 1.44. The maximum absolute atomic E-state index is 11.9. The lowest BCUT2D eigenvalue weighted by Crippen LogP contribution is -2.40. The number of hydrogen-bond donors (Lipinski definition) is 1. The molecule has 0 aromatic carbocycles. The van der Waals surface area contributed by atoms with Crippen LogP contribution in [0.15, 0.2) is 0 Å². The lowest BCUT2D eigenvalue weighted by atomic mass is 10.0. The van der Waals surface area contributed by atoms with Gasteiger partial charge in [-0.2, -0.15) is 0 Å². The third-order valence-electron chi connectivity index (χ3n) is 2.96. The van der Waals surface area contributed by atoms with Gasteiger partial charge in [-0.25, -0.2) is 0 Å². The second-order valence-electron chi connectivity index (χ2n) is 4.81. The number of piperidine rings is 1. The van der Waals surface area contributed by atoms with Crippen LogP contribution in [0.2, 0.25) is 0 Å².